The van der Waals surface area contributed by atoms with Gasteiger partial charge in [0.05, 0.1) is 28.1 Å². The molecule has 2 unspecified atom stereocenters. The average molecular weight is 646 g/mol. The van der Waals surface area contributed by atoms with Crippen molar-refractivity contribution in [2.24, 2.45) is 0 Å². The Hall–Kier alpha value is -4.48. The van der Waals surface area contributed by atoms with Crippen LogP contribution in [0.2, 0.25) is 0 Å². The Morgan fingerprint density at radius 1 is 1.22 bits per heavy atom. The lowest BCUT2D eigenvalue weighted by Crippen LogP contribution is -2.46. The molecule has 0 amide bonds. The molecular formula is C28H30FN6O9S+. The number of halogens is 1. The van der Waals surface area contributed by atoms with E-state index in [1.54, 1.807) is 24.5 Å². The number of anilines is 1. The van der Waals surface area contributed by atoms with Gasteiger partial charge in [0.25, 0.3) is 0 Å². The summed E-state index contributed by atoms with van der Waals surface area (Å²) in [5.74, 6) is -1.31. The second kappa shape index (κ2) is 11.8. The van der Waals surface area contributed by atoms with Crippen molar-refractivity contribution >= 4 is 40.1 Å². The smallest absolute Gasteiger partial charge is 0.459 e. The summed E-state index contributed by atoms with van der Waals surface area (Å²) < 4.78 is 33.9. The van der Waals surface area contributed by atoms with Gasteiger partial charge in [-0.25, -0.2) is 23.5 Å². The molecule has 1 saturated heterocycles. The first kappa shape index (κ1) is 30.5. The van der Waals surface area contributed by atoms with Crippen molar-refractivity contribution in [3.8, 4) is 0 Å². The number of nitrogens with zero attached hydrogens (tertiary/aromatic N) is 6. The number of hydrogen-bond acceptors (Lipinski definition) is 12. The van der Waals surface area contributed by atoms with E-state index in [4.69, 9.17) is 13.6 Å². The minimum absolute atomic E-state index is 0.0286. The average Bonchev–Trinajstić information content (AvgIpc) is 3.51. The Morgan fingerprint density at radius 3 is 2.60 bits per heavy atom. The number of aliphatic hydroxyl groups excluding tert-OH is 1. The number of aryl methyl sites for hydroxylation is 2. The third-order valence-corrected chi connectivity index (χ3v) is 9.20. The van der Waals surface area contributed by atoms with Crippen LogP contribution >= 0.6 is 11.8 Å². The van der Waals surface area contributed by atoms with Crippen LogP contribution in [0.5, 0.6) is 0 Å². The molecule has 0 radical (unpaired) electrons. The van der Waals surface area contributed by atoms with E-state index in [9.17, 15) is 29.6 Å². The van der Waals surface area contributed by atoms with Crippen molar-refractivity contribution in [3.63, 3.8) is 0 Å². The van der Waals surface area contributed by atoms with Crippen LogP contribution in [0, 0.1) is 24.6 Å². The van der Waals surface area contributed by atoms with Gasteiger partial charge in [0.15, 0.2) is 16.5 Å². The molecule has 45 heavy (non-hydrogen) atoms. The minimum Gasteiger partial charge on any atom is -0.459 e. The number of carbonyl (C=O) groups is 1. The summed E-state index contributed by atoms with van der Waals surface area (Å²) in [5, 5.41) is 20.0. The van der Waals surface area contributed by atoms with Gasteiger partial charge < -0.3 is 33.4 Å². The van der Waals surface area contributed by atoms with E-state index in [1.807, 2.05) is 11.8 Å². The van der Waals surface area contributed by atoms with Crippen LogP contribution in [0.15, 0.2) is 41.8 Å². The van der Waals surface area contributed by atoms with E-state index in [1.165, 1.54) is 16.3 Å². The molecule has 2 aliphatic rings. The Balaban J connectivity index is 1.20. The van der Waals surface area contributed by atoms with Gasteiger partial charge in [-0.3, -0.25) is 9.69 Å². The van der Waals surface area contributed by atoms with E-state index in [2.05, 4.69) is 9.88 Å². The van der Waals surface area contributed by atoms with Gasteiger partial charge in [0.1, 0.15) is 42.6 Å². The minimum atomic E-state index is -1.29. The van der Waals surface area contributed by atoms with Gasteiger partial charge >= 0.3 is 17.6 Å². The third kappa shape index (κ3) is 5.62. The summed E-state index contributed by atoms with van der Waals surface area (Å²) in [6, 6.07) is 2.77. The lowest BCUT2D eigenvalue weighted by atomic mass is 10.1. The van der Waals surface area contributed by atoms with Crippen LogP contribution in [-0.2, 0) is 17.8 Å². The van der Waals surface area contributed by atoms with E-state index in [0.29, 0.717) is 66.3 Å². The summed E-state index contributed by atoms with van der Waals surface area (Å²) in [6.45, 7) is 6.91. The number of aromatic nitrogens is 3. The molecule has 17 heteroatoms. The van der Waals surface area contributed by atoms with Crippen molar-refractivity contribution < 1.29 is 38.0 Å². The zero-order chi connectivity index (χ0) is 32.2. The molecule has 1 aromatic carbocycles. The molecular weight excluding hydrogens is 615 g/mol. The molecule has 4 aromatic rings. The molecule has 0 spiro atoms. The summed E-state index contributed by atoms with van der Waals surface area (Å²) >= 11 is 1.30. The van der Waals surface area contributed by atoms with Crippen molar-refractivity contribution in [1.29, 1.82) is 0 Å². The van der Waals surface area contributed by atoms with Crippen LogP contribution in [0.1, 0.15) is 40.0 Å². The van der Waals surface area contributed by atoms with Crippen molar-refractivity contribution in [2.75, 3.05) is 37.7 Å². The first-order valence-corrected chi connectivity index (χ1v) is 15.0. The van der Waals surface area contributed by atoms with Crippen LogP contribution in [0.25, 0.3) is 10.9 Å². The number of piperazine rings is 1. The third-order valence-electron chi connectivity index (χ3n) is 8.02. The zero-order valence-electron chi connectivity index (χ0n) is 24.6. The van der Waals surface area contributed by atoms with Gasteiger partial charge in [-0.15, -0.1) is 0 Å². The van der Waals surface area contributed by atoms with Crippen molar-refractivity contribution in [1.82, 2.24) is 19.0 Å². The summed E-state index contributed by atoms with van der Waals surface area (Å²) in [6.07, 6.45) is -0.158. The number of imidazole rings is 1. The molecule has 0 bridgehead atoms. The Kier molecular flexibility index (Phi) is 8.00. The molecule has 3 aromatic heterocycles. The molecule has 15 nitrogen and oxygen atoms in total. The molecule has 0 aliphatic carbocycles. The molecule has 6 rings (SSSR count). The molecule has 1 fully saturated rings. The Morgan fingerprint density at radius 2 is 1.96 bits per heavy atom. The molecule has 2 N–H and O–H groups in total. The van der Waals surface area contributed by atoms with Gasteiger partial charge in [0.2, 0.25) is 5.43 Å². The van der Waals surface area contributed by atoms with Crippen LogP contribution in [-0.4, -0.2) is 79.1 Å². The monoisotopic (exact) mass is 645 g/mol. The molecule has 2 atom stereocenters. The van der Waals surface area contributed by atoms with Crippen LogP contribution < -0.4 is 16.2 Å². The highest BCUT2D eigenvalue weighted by Crippen LogP contribution is 2.47. The lowest BCUT2D eigenvalue weighted by Gasteiger charge is -2.37. The highest BCUT2D eigenvalue weighted by atomic mass is 32.2. The number of aliphatic hydroxyl groups is 1. The fourth-order valence-electron chi connectivity index (χ4n) is 5.67. The normalized spacial score (nSPS) is 17.3. The Labute approximate surface area is 257 Å². The summed E-state index contributed by atoms with van der Waals surface area (Å²) in [7, 11) is 0. The molecule has 238 valence electrons. The number of fused-ring (bicyclic) bond motifs is 3. The van der Waals surface area contributed by atoms with Gasteiger partial charge in [-0.05, 0) is 30.9 Å². The number of thioether (sulfide) groups is 1. The summed E-state index contributed by atoms with van der Waals surface area (Å²) in [4.78, 5) is 56.9. The lowest BCUT2D eigenvalue weighted by molar-refractivity contribution is -0.733. The number of ether oxygens (including phenoxy) is 1. The number of carbonyl (C=O) groups excluding carboxylic acids is 1. The van der Waals surface area contributed by atoms with E-state index < -0.39 is 35.7 Å². The predicted octanol–water partition coefficient (Wildman–Crippen LogP) is 2.46. The van der Waals surface area contributed by atoms with E-state index in [-0.39, 0.29) is 33.6 Å². The SMILES string of the molecule is Cc1oc(=O)oc1CN1CCN(c2cc3c(cc2F)c(=O)c(C(=O)OCC(O)Cn2c([N+](=O)O)cnc2C)c2n3C(C)S2)CC1. The van der Waals surface area contributed by atoms with E-state index >= 15 is 4.39 Å². The van der Waals surface area contributed by atoms with Crippen LogP contribution in [0.4, 0.5) is 15.9 Å². The molecule has 5 heterocycles. The molecule has 2 aliphatic heterocycles. The standard InChI is InChI=1S/C28H30FN6O9S/c1-14-22(44-28(39)43-14)12-31-4-6-32(7-5-31)21-9-20-18(8-19(21)29)25(37)24(26-34(20)16(3)45-26)27(38)42-13-17(36)11-33-15(2)30-10-23(33)35(40)41/h8-10,16-17,36H,4-7,11-13H2,1-3H3,(H,40,41)/q+1. The highest BCUT2D eigenvalue weighted by molar-refractivity contribution is 8.00. The van der Waals surface area contributed by atoms with Crippen molar-refractivity contribution in [3.05, 3.63) is 72.8 Å². The molecule has 0 saturated carbocycles. The maximum absolute atomic E-state index is 15.5. The highest BCUT2D eigenvalue weighted by Gasteiger charge is 2.35. The fraction of sp³-hybridized carbons (Fsp3) is 0.429. The maximum Gasteiger partial charge on any atom is 0.519 e. The number of hydrogen-bond donors (Lipinski definition) is 2. The van der Waals surface area contributed by atoms with Crippen LogP contribution in [0.3, 0.4) is 0 Å². The maximum atomic E-state index is 15.5. The predicted molar refractivity (Wildman–Crippen MR) is 157 cm³/mol. The second-order valence-corrected chi connectivity index (χ2v) is 12.2. The fourth-order valence-corrected chi connectivity index (χ4v) is 6.82. The zero-order valence-corrected chi connectivity index (χ0v) is 25.4. The number of esters is 1. The van der Waals surface area contributed by atoms with Gasteiger partial charge in [-0.2, -0.15) is 0 Å². The second-order valence-electron chi connectivity index (χ2n) is 10.9. The Bertz CT molecular complexity index is 1940. The van der Waals surface area contributed by atoms with Crippen molar-refractivity contribution in [2.45, 2.75) is 50.4 Å². The largest absolute Gasteiger partial charge is 0.519 e. The quantitative estimate of drug-likeness (QED) is 0.201. The number of pyridine rings is 1. The topological polar surface area (TPSA) is 176 Å². The van der Waals surface area contributed by atoms with E-state index in [0.717, 1.165) is 12.3 Å². The van der Waals surface area contributed by atoms with Gasteiger partial charge in [-0.1, -0.05) is 11.8 Å². The van der Waals surface area contributed by atoms with Gasteiger partial charge in [0, 0.05) is 38.5 Å². The first-order valence-electron chi connectivity index (χ1n) is 14.1. The number of rotatable bonds is 9. The first-order chi connectivity index (χ1) is 21.4. The number of benzene rings is 1. The summed E-state index contributed by atoms with van der Waals surface area (Å²) in [5.41, 5.74) is -0.113.